The van der Waals surface area contributed by atoms with Crippen molar-refractivity contribution in [2.24, 2.45) is 0 Å². The molecule has 232 valence electrons. The van der Waals surface area contributed by atoms with Crippen LogP contribution in [0, 0.1) is 0 Å². The lowest BCUT2D eigenvalue weighted by Gasteiger charge is -2.28. The summed E-state index contributed by atoms with van der Waals surface area (Å²) in [5.41, 5.74) is 18.9. The van der Waals surface area contributed by atoms with Crippen molar-refractivity contribution in [3.63, 3.8) is 0 Å². The molecule has 0 unspecified atom stereocenters. The summed E-state index contributed by atoms with van der Waals surface area (Å²) in [7, 11) is 18.6. The molecule has 51 heavy (non-hydrogen) atoms. The van der Waals surface area contributed by atoms with Gasteiger partial charge in [-0.1, -0.05) is 113 Å². The van der Waals surface area contributed by atoms with Crippen molar-refractivity contribution in [1.82, 2.24) is 0 Å². The monoisotopic (exact) mass is 658 g/mol. The number of benzene rings is 8. The summed E-state index contributed by atoms with van der Waals surface area (Å²) < 4.78 is 2.69. The van der Waals surface area contributed by atoms with E-state index in [1.165, 1.54) is 130 Å². The van der Waals surface area contributed by atoms with Gasteiger partial charge in [0.2, 0.25) is 0 Å². The molecule has 0 bridgehead atoms. The van der Waals surface area contributed by atoms with E-state index in [1.807, 2.05) is 11.3 Å². The summed E-state index contributed by atoms with van der Waals surface area (Å²) in [6, 6.07) is 40.9. The summed E-state index contributed by atoms with van der Waals surface area (Å²) >= 11 is 1.90. The zero-order valence-corrected chi connectivity index (χ0v) is 31.6. The number of hydrogen-bond donors (Lipinski definition) is 0. The molecule has 0 aliphatic rings. The third-order valence-corrected chi connectivity index (χ3v) is 13.4. The van der Waals surface area contributed by atoms with E-state index in [4.69, 9.17) is 0 Å². The molecule has 9 rings (SSSR count). The Hall–Kier alpha value is -4.72. The maximum absolute atomic E-state index is 2.39. The molecule has 0 saturated carbocycles. The molecular weight excluding hydrogens is 623 g/mol. The van der Waals surface area contributed by atoms with Gasteiger partial charge in [0.15, 0.2) is 0 Å². The van der Waals surface area contributed by atoms with E-state index >= 15 is 0 Å². The van der Waals surface area contributed by atoms with Gasteiger partial charge < -0.3 is 0 Å². The first-order valence-electron chi connectivity index (χ1n) is 18.1. The smallest absolute Gasteiger partial charge is 0.135 e. The SMILES string of the molecule is Bc1c(B)c(B)c2c(-c3ccc(-c4ccc5c(c4)sc4cc6ccccc6cc45)cc3)c3c(B)c(B)c(B)c(B)c3c(-c3ccccc3)c2c1B. The maximum atomic E-state index is 2.39. The summed E-state index contributed by atoms with van der Waals surface area (Å²) in [4.78, 5) is 0. The van der Waals surface area contributed by atoms with Crippen LogP contribution in [-0.2, 0) is 0 Å². The lowest BCUT2D eigenvalue weighted by Crippen LogP contribution is -2.50. The average molecular weight is 657 g/mol. The normalized spacial score (nSPS) is 11.8. The second-order valence-corrected chi connectivity index (χ2v) is 15.8. The largest absolute Gasteiger partial charge is 0.139 e. The molecule has 0 saturated heterocycles. The third kappa shape index (κ3) is 4.77. The minimum absolute atomic E-state index is 1.25. The number of fused-ring (bicyclic) bond motifs is 6. The van der Waals surface area contributed by atoms with Crippen LogP contribution in [0.2, 0.25) is 0 Å². The van der Waals surface area contributed by atoms with Gasteiger partial charge >= 0.3 is 0 Å². The number of rotatable bonds is 3. The summed E-state index contributed by atoms with van der Waals surface area (Å²) in [6.07, 6.45) is 0. The highest BCUT2D eigenvalue weighted by atomic mass is 32.1. The van der Waals surface area contributed by atoms with Gasteiger partial charge in [-0.3, -0.25) is 0 Å². The fourth-order valence-electron chi connectivity index (χ4n) is 8.78. The van der Waals surface area contributed by atoms with E-state index in [-0.39, 0.29) is 0 Å². The van der Waals surface area contributed by atoms with Crippen LogP contribution < -0.4 is 43.7 Å². The predicted octanol–water partition coefficient (Wildman–Crippen LogP) is -1.42. The van der Waals surface area contributed by atoms with Crippen molar-refractivity contribution < 1.29 is 0 Å². The molecule has 0 nitrogen and oxygen atoms in total. The lowest BCUT2D eigenvalue weighted by atomic mass is 9.59. The number of thiophene rings is 1. The molecule has 0 radical (unpaired) electrons. The van der Waals surface area contributed by atoms with Crippen LogP contribution in [0.1, 0.15) is 0 Å². The van der Waals surface area contributed by atoms with Crippen molar-refractivity contribution in [1.29, 1.82) is 0 Å². The third-order valence-electron chi connectivity index (χ3n) is 12.3. The minimum Gasteiger partial charge on any atom is -0.135 e. The quantitative estimate of drug-likeness (QED) is 0.162. The van der Waals surface area contributed by atoms with Crippen LogP contribution in [0.25, 0.3) is 85.9 Å². The Morgan fingerprint density at radius 3 is 1.25 bits per heavy atom. The van der Waals surface area contributed by atoms with E-state index in [2.05, 4.69) is 172 Å². The van der Waals surface area contributed by atoms with E-state index in [0.29, 0.717) is 0 Å². The summed E-state index contributed by atoms with van der Waals surface area (Å²) in [5.74, 6) is 0. The van der Waals surface area contributed by atoms with Gasteiger partial charge in [0.1, 0.15) is 62.8 Å². The molecule has 0 amide bonds. The highest BCUT2D eigenvalue weighted by Gasteiger charge is 2.25. The molecule has 0 atom stereocenters. The molecule has 1 heterocycles. The van der Waals surface area contributed by atoms with Crippen molar-refractivity contribution in [2.45, 2.75) is 0 Å². The first kappa shape index (κ1) is 32.2. The van der Waals surface area contributed by atoms with Crippen LogP contribution in [0.4, 0.5) is 0 Å². The van der Waals surface area contributed by atoms with Crippen molar-refractivity contribution >= 4 is 170 Å². The highest BCUT2D eigenvalue weighted by Crippen LogP contribution is 2.42. The lowest BCUT2D eigenvalue weighted by molar-refractivity contribution is 1.65. The molecule has 0 aliphatic heterocycles. The van der Waals surface area contributed by atoms with E-state index in [0.717, 1.165) is 0 Å². The zero-order chi connectivity index (χ0) is 35.3. The Morgan fingerprint density at radius 2 is 0.725 bits per heavy atom. The summed E-state index contributed by atoms with van der Waals surface area (Å²) in [5, 5.41) is 10.8. The van der Waals surface area contributed by atoms with Gasteiger partial charge in [0.05, 0.1) is 0 Å². The fraction of sp³-hybridized carbons (Fsp3) is 0. The molecule has 9 aromatic rings. The molecule has 0 aliphatic carbocycles. The van der Waals surface area contributed by atoms with Gasteiger partial charge in [-0.15, -0.1) is 33.2 Å². The van der Waals surface area contributed by atoms with Crippen LogP contribution in [0.5, 0.6) is 0 Å². The first-order valence-corrected chi connectivity index (χ1v) is 18.9. The Labute approximate surface area is 311 Å². The van der Waals surface area contributed by atoms with Gasteiger partial charge in [-0.05, 0) is 83.9 Å². The van der Waals surface area contributed by atoms with Crippen molar-refractivity contribution in [3.05, 3.63) is 109 Å². The Kier molecular flexibility index (Phi) is 7.53. The van der Waals surface area contributed by atoms with Crippen LogP contribution in [0.3, 0.4) is 0 Å². The molecule has 8 aromatic carbocycles. The standard InChI is InChI=1S/C42H34B8S/c43-35-31-29(20-6-2-1-3-7-20)32-34(38(46)42(50)40(48)36(32)44)30(33(31)37(45)41(49)39(35)47)21-12-10-19(11-13-21)24-14-15-25-26-16-22-8-4-5-9-23(22)17-28(26)51-27(25)18-24/h1-18H,43-50H2. The van der Waals surface area contributed by atoms with Crippen LogP contribution >= 0.6 is 11.3 Å². The highest BCUT2D eigenvalue weighted by molar-refractivity contribution is 7.26. The maximum Gasteiger partial charge on any atom is 0.139 e. The molecule has 0 fully saturated rings. The molecule has 0 spiro atoms. The van der Waals surface area contributed by atoms with Crippen molar-refractivity contribution in [2.75, 3.05) is 0 Å². The first-order chi connectivity index (χ1) is 24.6. The fourth-order valence-corrected chi connectivity index (χ4v) is 9.95. The van der Waals surface area contributed by atoms with Gasteiger partial charge in [-0.2, -0.15) is 0 Å². The minimum atomic E-state index is 1.25. The van der Waals surface area contributed by atoms with Gasteiger partial charge in [0, 0.05) is 20.2 Å². The van der Waals surface area contributed by atoms with E-state index in [1.54, 1.807) is 0 Å². The average Bonchev–Trinajstić information content (AvgIpc) is 3.52. The molecule has 9 heteroatoms. The second kappa shape index (κ2) is 11.9. The molecular formula is C42H34B8S. The number of hydrogen-bond acceptors (Lipinski definition) is 1. The topological polar surface area (TPSA) is 0 Å². The Bertz CT molecular complexity index is 2850. The predicted molar refractivity (Wildman–Crippen MR) is 254 cm³/mol. The zero-order valence-electron chi connectivity index (χ0n) is 30.8. The second-order valence-electron chi connectivity index (χ2n) is 14.7. The Morgan fingerprint density at radius 1 is 0.314 bits per heavy atom. The van der Waals surface area contributed by atoms with Gasteiger partial charge in [-0.25, -0.2) is 0 Å². The van der Waals surface area contributed by atoms with E-state index < -0.39 is 0 Å². The van der Waals surface area contributed by atoms with Crippen molar-refractivity contribution in [3.8, 4) is 33.4 Å². The van der Waals surface area contributed by atoms with Gasteiger partial charge in [0.25, 0.3) is 0 Å². The Balaban J connectivity index is 1.31. The summed E-state index contributed by atoms with van der Waals surface area (Å²) in [6.45, 7) is 0. The molecule has 1 aromatic heterocycles. The van der Waals surface area contributed by atoms with Crippen LogP contribution in [-0.4, -0.2) is 62.8 Å². The van der Waals surface area contributed by atoms with E-state index in [9.17, 15) is 0 Å². The van der Waals surface area contributed by atoms with Crippen LogP contribution in [0.15, 0.2) is 109 Å². The molecule has 0 N–H and O–H groups in total.